The molecule has 0 aliphatic heterocycles. The van der Waals surface area contributed by atoms with Crippen LogP contribution in [0, 0.1) is 18.3 Å². The van der Waals surface area contributed by atoms with E-state index in [2.05, 4.69) is 77.9 Å². The highest BCUT2D eigenvalue weighted by Gasteiger charge is 2.22. The van der Waals surface area contributed by atoms with Crippen molar-refractivity contribution in [2.75, 3.05) is 6.61 Å². The highest BCUT2D eigenvalue weighted by molar-refractivity contribution is 5.97. The number of primary amides is 1. The molecule has 3 aromatic rings. The number of rotatable bonds is 9. The summed E-state index contributed by atoms with van der Waals surface area (Å²) in [6.45, 7) is 13.9. The molecule has 1 amide bonds. The average Bonchev–Trinajstić information content (AvgIpc) is 2.71. The standard InChI is InChI=1S/C29H38N2O2/c1-19(2)16-26-24(18-29(4,5)6)28(21-11-9-20(3)10-12-21)23-17-22(13-14-25(23)31-26)33-15-7-8-27(30)32/h9-14,17,19H,7-8,15-16,18H2,1-6H3,(H2,30,32). The number of nitrogens with zero attached hydrogens (tertiary/aromatic N) is 1. The number of aromatic nitrogens is 1. The normalized spacial score (nSPS) is 11.8. The predicted octanol–water partition coefficient (Wildman–Crippen LogP) is 6.64. The molecule has 176 valence electrons. The monoisotopic (exact) mass is 446 g/mol. The third-order valence-electron chi connectivity index (χ3n) is 5.63. The summed E-state index contributed by atoms with van der Waals surface area (Å²) in [5, 5.41) is 1.11. The van der Waals surface area contributed by atoms with Gasteiger partial charge in [0.2, 0.25) is 5.91 Å². The van der Waals surface area contributed by atoms with Crippen LogP contribution in [0.3, 0.4) is 0 Å². The maximum absolute atomic E-state index is 11.0. The van der Waals surface area contributed by atoms with Crippen molar-refractivity contribution in [2.45, 2.75) is 67.2 Å². The molecule has 0 saturated heterocycles. The zero-order chi connectivity index (χ0) is 24.2. The number of hydrogen-bond donors (Lipinski definition) is 1. The van der Waals surface area contributed by atoms with Crippen LogP contribution in [-0.2, 0) is 17.6 Å². The van der Waals surface area contributed by atoms with Crippen LogP contribution in [0.25, 0.3) is 22.0 Å². The summed E-state index contributed by atoms with van der Waals surface area (Å²) in [5.41, 5.74) is 12.6. The zero-order valence-electron chi connectivity index (χ0n) is 21.0. The Hall–Kier alpha value is -2.88. The molecule has 0 spiro atoms. The number of pyridine rings is 1. The van der Waals surface area contributed by atoms with Crippen molar-refractivity contribution >= 4 is 16.8 Å². The first-order valence-electron chi connectivity index (χ1n) is 12.0. The fourth-order valence-electron chi connectivity index (χ4n) is 4.19. The quantitative estimate of drug-likeness (QED) is 0.375. The SMILES string of the molecule is Cc1ccc(-c2c(CC(C)(C)C)c(CC(C)C)nc3ccc(OCCCC(N)=O)cc23)cc1. The number of carbonyl (C=O) groups is 1. The number of aryl methyl sites for hydroxylation is 1. The maximum atomic E-state index is 11.0. The Bertz CT molecular complexity index is 1110. The van der Waals surface area contributed by atoms with Gasteiger partial charge in [0, 0.05) is 17.5 Å². The average molecular weight is 447 g/mol. The van der Waals surface area contributed by atoms with Gasteiger partial charge < -0.3 is 10.5 Å². The van der Waals surface area contributed by atoms with E-state index >= 15 is 0 Å². The minimum Gasteiger partial charge on any atom is -0.494 e. The van der Waals surface area contributed by atoms with Crippen molar-refractivity contribution in [3.05, 3.63) is 59.3 Å². The fraction of sp³-hybridized carbons (Fsp3) is 0.448. The van der Waals surface area contributed by atoms with Gasteiger partial charge in [0.15, 0.2) is 0 Å². The van der Waals surface area contributed by atoms with E-state index in [9.17, 15) is 4.79 Å². The van der Waals surface area contributed by atoms with Crippen molar-refractivity contribution in [3.63, 3.8) is 0 Å². The van der Waals surface area contributed by atoms with Gasteiger partial charge in [-0.15, -0.1) is 0 Å². The Labute approximate surface area is 198 Å². The molecular weight excluding hydrogens is 408 g/mol. The lowest BCUT2D eigenvalue weighted by Gasteiger charge is -2.25. The number of carbonyl (C=O) groups excluding carboxylic acids is 1. The second-order valence-electron chi connectivity index (χ2n) is 10.7. The molecule has 3 rings (SSSR count). The summed E-state index contributed by atoms with van der Waals surface area (Å²) in [5.74, 6) is 1.01. The molecule has 33 heavy (non-hydrogen) atoms. The highest BCUT2D eigenvalue weighted by atomic mass is 16.5. The third kappa shape index (κ3) is 6.80. The lowest BCUT2D eigenvalue weighted by atomic mass is 9.81. The Morgan fingerprint density at radius 1 is 1.09 bits per heavy atom. The van der Waals surface area contributed by atoms with Gasteiger partial charge in [-0.1, -0.05) is 64.4 Å². The number of hydrogen-bond acceptors (Lipinski definition) is 3. The number of fused-ring (bicyclic) bond motifs is 1. The van der Waals surface area contributed by atoms with Crippen LogP contribution in [0.2, 0.25) is 0 Å². The molecule has 2 N–H and O–H groups in total. The molecule has 0 unspecified atom stereocenters. The van der Waals surface area contributed by atoms with E-state index in [1.54, 1.807) is 0 Å². The topological polar surface area (TPSA) is 65.2 Å². The molecule has 4 heteroatoms. The Kier molecular flexibility index (Phi) is 7.78. The molecule has 0 aliphatic rings. The smallest absolute Gasteiger partial charge is 0.217 e. The molecule has 0 radical (unpaired) electrons. The van der Waals surface area contributed by atoms with Gasteiger partial charge in [0.05, 0.1) is 12.1 Å². The van der Waals surface area contributed by atoms with Crippen molar-refractivity contribution in [1.82, 2.24) is 4.98 Å². The lowest BCUT2D eigenvalue weighted by Crippen LogP contribution is -2.15. The highest BCUT2D eigenvalue weighted by Crippen LogP contribution is 2.38. The predicted molar refractivity (Wildman–Crippen MR) is 138 cm³/mol. The first kappa shape index (κ1) is 24.8. The molecule has 0 bridgehead atoms. The van der Waals surface area contributed by atoms with Crippen LogP contribution in [0.5, 0.6) is 5.75 Å². The van der Waals surface area contributed by atoms with Crippen molar-refractivity contribution in [3.8, 4) is 16.9 Å². The Morgan fingerprint density at radius 3 is 2.39 bits per heavy atom. The molecule has 0 fully saturated rings. The van der Waals surface area contributed by atoms with Crippen molar-refractivity contribution in [1.29, 1.82) is 0 Å². The van der Waals surface area contributed by atoms with E-state index < -0.39 is 0 Å². The summed E-state index contributed by atoms with van der Waals surface area (Å²) < 4.78 is 5.97. The van der Waals surface area contributed by atoms with Crippen LogP contribution in [0.1, 0.15) is 64.3 Å². The minimum atomic E-state index is -0.299. The van der Waals surface area contributed by atoms with E-state index in [-0.39, 0.29) is 11.3 Å². The second kappa shape index (κ2) is 10.4. The molecule has 1 aromatic heterocycles. The van der Waals surface area contributed by atoms with Crippen LogP contribution in [0.15, 0.2) is 42.5 Å². The summed E-state index contributed by atoms with van der Waals surface area (Å²) >= 11 is 0. The van der Waals surface area contributed by atoms with Gasteiger partial charge in [0.1, 0.15) is 5.75 Å². The summed E-state index contributed by atoms with van der Waals surface area (Å²) in [6, 6.07) is 14.9. The molecular formula is C29H38N2O2. The minimum absolute atomic E-state index is 0.128. The van der Waals surface area contributed by atoms with E-state index in [1.165, 1.54) is 27.9 Å². The van der Waals surface area contributed by atoms with Crippen LogP contribution >= 0.6 is 0 Å². The second-order valence-corrected chi connectivity index (χ2v) is 10.7. The summed E-state index contributed by atoms with van der Waals surface area (Å²) in [6.07, 6.45) is 2.84. The van der Waals surface area contributed by atoms with Gasteiger partial charge in [-0.3, -0.25) is 9.78 Å². The van der Waals surface area contributed by atoms with Gasteiger partial charge in [0.25, 0.3) is 0 Å². The Balaban J connectivity index is 2.19. The summed E-state index contributed by atoms with van der Waals surface area (Å²) in [7, 11) is 0. The van der Waals surface area contributed by atoms with Crippen molar-refractivity contribution in [2.24, 2.45) is 17.1 Å². The van der Waals surface area contributed by atoms with Crippen molar-refractivity contribution < 1.29 is 9.53 Å². The molecule has 0 saturated carbocycles. The van der Waals surface area contributed by atoms with Gasteiger partial charge in [-0.2, -0.15) is 0 Å². The molecule has 0 aliphatic carbocycles. The molecule has 1 heterocycles. The largest absolute Gasteiger partial charge is 0.494 e. The van der Waals surface area contributed by atoms with Crippen LogP contribution < -0.4 is 10.5 Å². The molecule has 4 nitrogen and oxygen atoms in total. The molecule has 2 aromatic carbocycles. The zero-order valence-corrected chi connectivity index (χ0v) is 21.0. The van der Waals surface area contributed by atoms with Gasteiger partial charge in [-0.05, 0) is 72.4 Å². The van der Waals surface area contributed by atoms with Crippen LogP contribution in [0.4, 0.5) is 0 Å². The molecule has 0 atom stereocenters. The number of ether oxygens (including phenoxy) is 1. The third-order valence-corrected chi connectivity index (χ3v) is 5.63. The fourth-order valence-corrected chi connectivity index (χ4v) is 4.19. The number of amides is 1. The number of benzene rings is 2. The first-order chi connectivity index (χ1) is 15.5. The first-order valence-corrected chi connectivity index (χ1v) is 12.0. The van der Waals surface area contributed by atoms with E-state index in [0.717, 1.165) is 29.5 Å². The van der Waals surface area contributed by atoms with E-state index in [1.807, 2.05) is 6.07 Å². The lowest BCUT2D eigenvalue weighted by molar-refractivity contribution is -0.118. The van der Waals surface area contributed by atoms with Gasteiger partial charge >= 0.3 is 0 Å². The van der Waals surface area contributed by atoms with E-state index in [0.29, 0.717) is 25.4 Å². The van der Waals surface area contributed by atoms with Gasteiger partial charge in [-0.25, -0.2) is 0 Å². The maximum Gasteiger partial charge on any atom is 0.217 e. The van der Waals surface area contributed by atoms with E-state index in [4.69, 9.17) is 15.5 Å². The number of nitrogens with two attached hydrogens (primary N) is 1. The summed E-state index contributed by atoms with van der Waals surface area (Å²) in [4.78, 5) is 16.2. The Morgan fingerprint density at radius 2 is 1.79 bits per heavy atom. The van der Waals surface area contributed by atoms with Crippen LogP contribution in [-0.4, -0.2) is 17.5 Å².